The Balaban J connectivity index is 0. The Morgan fingerprint density at radius 1 is 1.24 bits per heavy atom. The molecule has 1 atom stereocenters. The van der Waals surface area contributed by atoms with E-state index in [4.69, 9.17) is 0 Å². The molecule has 0 N–H and O–H groups in total. The molecule has 0 radical (unpaired) electrons. The van der Waals surface area contributed by atoms with E-state index < -0.39 is 0 Å². The zero-order valence-corrected chi connectivity index (χ0v) is 11.4. The van der Waals surface area contributed by atoms with Crippen molar-refractivity contribution in [3.05, 3.63) is 12.2 Å². The SMILES string of the molecule is C.C/C=C/C(C)CC=NC.CN1CCCCC1. The van der Waals surface area contributed by atoms with Crippen LogP contribution in [-0.4, -0.2) is 38.3 Å². The van der Waals surface area contributed by atoms with Crippen LogP contribution in [0, 0.1) is 5.92 Å². The summed E-state index contributed by atoms with van der Waals surface area (Å²) in [6, 6.07) is 0. The molecule has 102 valence electrons. The third kappa shape index (κ3) is 13.3. The Morgan fingerprint density at radius 3 is 2.18 bits per heavy atom. The first kappa shape index (κ1) is 18.7. The summed E-state index contributed by atoms with van der Waals surface area (Å²) in [6.45, 7) is 6.86. The van der Waals surface area contributed by atoms with E-state index in [0.717, 1.165) is 6.42 Å². The second-order valence-corrected chi connectivity index (χ2v) is 4.54. The summed E-state index contributed by atoms with van der Waals surface area (Å²) in [6.07, 6.45) is 11.5. The standard InChI is InChI=1S/C8H15N.C6H13N.CH4/c1-4-5-8(2)6-7-9-3;1-7-5-3-2-4-6-7;/h4-5,7-8H,6H2,1-3H3;2-6H2,1H3;1H4/b5-4+,9-7?;;. The molecule has 1 fully saturated rings. The van der Waals surface area contributed by atoms with Gasteiger partial charge in [-0.25, -0.2) is 0 Å². The van der Waals surface area contributed by atoms with E-state index in [-0.39, 0.29) is 7.43 Å². The van der Waals surface area contributed by atoms with Crippen LogP contribution in [0.4, 0.5) is 0 Å². The molecule has 0 aromatic heterocycles. The minimum atomic E-state index is 0. The van der Waals surface area contributed by atoms with E-state index in [2.05, 4.69) is 36.0 Å². The van der Waals surface area contributed by atoms with Gasteiger partial charge in [-0.05, 0) is 58.5 Å². The van der Waals surface area contributed by atoms with E-state index >= 15 is 0 Å². The van der Waals surface area contributed by atoms with Crippen LogP contribution in [0.15, 0.2) is 17.1 Å². The van der Waals surface area contributed by atoms with Crippen LogP contribution in [0.3, 0.4) is 0 Å². The van der Waals surface area contributed by atoms with Crippen LogP contribution >= 0.6 is 0 Å². The highest BCUT2D eigenvalue weighted by Gasteiger charge is 2.02. The molecule has 0 aliphatic carbocycles. The summed E-state index contributed by atoms with van der Waals surface area (Å²) < 4.78 is 0. The van der Waals surface area contributed by atoms with Crippen molar-refractivity contribution in [2.45, 2.75) is 47.0 Å². The van der Waals surface area contributed by atoms with Crippen LogP contribution in [0.1, 0.15) is 47.0 Å². The highest BCUT2D eigenvalue weighted by Crippen LogP contribution is 2.04. The lowest BCUT2D eigenvalue weighted by Gasteiger charge is -2.20. The molecule has 2 heteroatoms. The molecule has 0 aromatic carbocycles. The fourth-order valence-corrected chi connectivity index (χ4v) is 1.73. The number of hydrogen-bond acceptors (Lipinski definition) is 2. The highest BCUT2D eigenvalue weighted by molar-refractivity contribution is 5.57. The lowest BCUT2D eigenvalue weighted by atomic mass is 10.1. The maximum Gasteiger partial charge on any atom is 0.0273 e. The van der Waals surface area contributed by atoms with E-state index in [0.29, 0.717) is 5.92 Å². The molecule has 0 saturated carbocycles. The first-order valence-electron chi connectivity index (χ1n) is 6.42. The van der Waals surface area contributed by atoms with Gasteiger partial charge in [-0.2, -0.15) is 0 Å². The Bertz CT molecular complexity index is 191. The predicted molar refractivity (Wildman–Crippen MR) is 81.1 cm³/mol. The van der Waals surface area contributed by atoms with Gasteiger partial charge in [-0.1, -0.05) is 32.9 Å². The minimum absolute atomic E-state index is 0. The minimum Gasteiger partial charge on any atom is -0.306 e. The van der Waals surface area contributed by atoms with Gasteiger partial charge in [0.25, 0.3) is 0 Å². The normalized spacial score (nSPS) is 18.6. The van der Waals surface area contributed by atoms with Gasteiger partial charge in [-0.15, -0.1) is 0 Å². The Morgan fingerprint density at radius 2 is 1.82 bits per heavy atom. The van der Waals surface area contributed by atoms with Gasteiger partial charge in [0.2, 0.25) is 0 Å². The Labute approximate surface area is 109 Å². The van der Waals surface area contributed by atoms with E-state index in [1.807, 2.05) is 20.2 Å². The summed E-state index contributed by atoms with van der Waals surface area (Å²) in [4.78, 5) is 6.29. The fraction of sp³-hybridized carbons (Fsp3) is 0.800. The Kier molecular flexibility index (Phi) is 14.8. The maximum atomic E-state index is 3.90. The van der Waals surface area contributed by atoms with Crippen molar-refractivity contribution >= 4 is 6.21 Å². The van der Waals surface area contributed by atoms with Gasteiger partial charge in [0, 0.05) is 7.05 Å². The van der Waals surface area contributed by atoms with Crippen molar-refractivity contribution < 1.29 is 0 Å². The van der Waals surface area contributed by atoms with Crippen LogP contribution in [0.5, 0.6) is 0 Å². The predicted octanol–water partition coefficient (Wildman–Crippen LogP) is 4.03. The smallest absolute Gasteiger partial charge is 0.0273 e. The van der Waals surface area contributed by atoms with Gasteiger partial charge in [-0.3, -0.25) is 0 Å². The molecule has 17 heavy (non-hydrogen) atoms. The lowest BCUT2D eigenvalue weighted by molar-refractivity contribution is 0.277. The average Bonchev–Trinajstić information content (AvgIpc) is 2.29. The molecule has 0 bridgehead atoms. The van der Waals surface area contributed by atoms with Gasteiger partial charge in [0.05, 0.1) is 0 Å². The third-order valence-corrected chi connectivity index (χ3v) is 2.76. The maximum absolute atomic E-state index is 3.90. The van der Waals surface area contributed by atoms with Crippen LogP contribution in [0.2, 0.25) is 0 Å². The monoisotopic (exact) mass is 240 g/mol. The first-order valence-corrected chi connectivity index (χ1v) is 6.42. The topological polar surface area (TPSA) is 15.6 Å². The van der Waals surface area contributed by atoms with Gasteiger partial charge >= 0.3 is 0 Å². The van der Waals surface area contributed by atoms with E-state index in [9.17, 15) is 0 Å². The number of nitrogens with zero attached hydrogens (tertiary/aromatic N) is 2. The highest BCUT2D eigenvalue weighted by atomic mass is 15.1. The summed E-state index contributed by atoms with van der Waals surface area (Å²) in [7, 11) is 4.00. The number of hydrogen-bond donors (Lipinski definition) is 0. The Hall–Kier alpha value is -0.630. The summed E-state index contributed by atoms with van der Waals surface area (Å²) in [5.41, 5.74) is 0. The zero-order chi connectivity index (χ0) is 12.2. The van der Waals surface area contributed by atoms with Gasteiger partial charge in [0.1, 0.15) is 0 Å². The molecule has 0 amide bonds. The van der Waals surface area contributed by atoms with Gasteiger partial charge in [0.15, 0.2) is 0 Å². The second kappa shape index (κ2) is 13.4. The van der Waals surface area contributed by atoms with E-state index in [1.54, 1.807) is 0 Å². The van der Waals surface area contributed by atoms with E-state index in [1.165, 1.54) is 32.4 Å². The number of piperidine rings is 1. The molecule has 0 aromatic rings. The second-order valence-electron chi connectivity index (χ2n) is 4.54. The quantitative estimate of drug-likeness (QED) is 0.537. The molecule has 1 saturated heterocycles. The fourth-order valence-electron chi connectivity index (χ4n) is 1.73. The summed E-state index contributed by atoms with van der Waals surface area (Å²) >= 11 is 0. The number of rotatable bonds is 3. The first-order chi connectivity index (χ1) is 7.70. The van der Waals surface area contributed by atoms with Crippen molar-refractivity contribution in [1.29, 1.82) is 0 Å². The largest absolute Gasteiger partial charge is 0.306 e. The number of aliphatic imine (C=N–C) groups is 1. The lowest BCUT2D eigenvalue weighted by Crippen LogP contribution is -2.24. The van der Waals surface area contributed by atoms with Crippen molar-refractivity contribution in [1.82, 2.24) is 4.90 Å². The van der Waals surface area contributed by atoms with Gasteiger partial charge < -0.3 is 9.89 Å². The molecule has 1 unspecified atom stereocenters. The van der Waals surface area contributed by atoms with Crippen LogP contribution < -0.4 is 0 Å². The summed E-state index contributed by atoms with van der Waals surface area (Å²) in [5.74, 6) is 0.638. The molecule has 1 aliphatic heterocycles. The van der Waals surface area contributed by atoms with Crippen molar-refractivity contribution in [2.24, 2.45) is 10.9 Å². The molecular formula is C15H32N2. The molecule has 0 spiro atoms. The van der Waals surface area contributed by atoms with Crippen LogP contribution in [-0.2, 0) is 0 Å². The number of allylic oxidation sites excluding steroid dienone is 2. The summed E-state index contributed by atoms with van der Waals surface area (Å²) in [5, 5.41) is 0. The molecular weight excluding hydrogens is 208 g/mol. The third-order valence-electron chi connectivity index (χ3n) is 2.76. The molecule has 1 rings (SSSR count). The molecule has 1 aliphatic rings. The van der Waals surface area contributed by atoms with Crippen molar-refractivity contribution in [2.75, 3.05) is 27.2 Å². The van der Waals surface area contributed by atoms with Crippen molar-refractivity contribution in [3.8, 4) is 0 Å². The number of likely N-dealkylation sites (tertiary alicyclic amines) is 1. The van der Waals surface area contributed by atoms with Crippen molar-refractivity contribution in [3.63, 3.8) is 0 Å². The zero-order valence-electron chi connectivity index (χ0n) is 11.4. The van der Waals surface area contributed by atoms with Crippen LogP contribution in [0.25, 0.3) is 0 Å². The molecule has 1 heterocycles. The molecule has 2 nitrogen and oxygen atoms in total. The average molecular weight is 240 g/mol.